The lowest BCUT2D eigenvalue weighted by Crippen LogP contribution is -1.99. The molecule has 0 saturated carbocycles. The summed E-state index contributed by atoms with van der Waals surface area (Å²) in [5.41, 5.74) is 8.29. The molecule has 0 atom stereocenters. The fourth-order valence-electron chi connectivity index (χ4n) is 1.68. The normalized spacial score (nSPS) is 12.2. The quantitative estimate of drug-likeness (QED) is 0.800. The van der Waals surface area contributed by atoms with E-state index in [0.717, 1.165) is 10.9 Å². The number of benzene rings is 1. The summed E-state index contributed by atoms with van der Waals surface area (Å²) in [4.78, 5) is 0. The zero-order valence-electron chi connectivity index (χ0n) is 9.03. The Morgan fingerprint density at radius 3 is 2.88 bits per heavy atom. The summed E-state index contributed by atoms with van der Waals surface area (Å²) in [7, 11) is 0. The van der Waals surface area contributed by atoms with Crippen molar-refractivity contribution in [2.24, 2.45) is 5.73 Å². The van der Waals surface area contributed by atoms with E-state index in [1.165, 1.54) is 4.70 Å². The van der Waals surface area contributed by atoms with Gasteiger partial charge in [0.2, 0.25) is 0 Å². The largest absolute Gasteiger partial charge is 0.397 e. The predicted molar refractivity (Wildman–Crippen MR) is 68.8 cm³/mol. The van der Waals surface area contributed by atoms with Crippen LogP contribution >= 0.6 is 11.3 Å². The van der Waals surface area contributed by atoms with Gasteiger partial charge in [-0.1, -0.05) is 25.1 Å². The van der Waals surface area contributed by atoms with Crippen LogP contribution in [-0.4, -0.2) is 0 Å². The average Bonchev–Trinajstić information content (AvgIpc) is 2.74. The lowest BCUT2D eigenvalue weighted by molar-refractivity contribution is 1.15. The van der Waals surface area contributed by atoms with Crippen LogP contribution < -0.4 is 5.73 Å². The molecular weight excluding hydrogens is 216 g/mol. The first kappa shape index (κ1) is 10.7. The molecule has 0 bridgehead atoms. The maximum atomic E-state index is 8.98. The first-order chi connectivity index (χ1) is 7.77. The van der Waals surface area contributed by atoms with Crippen molar-refractivity contribution in [2.75, 3.05) is 0 Å². The number of hydrogen-bond acceptors (Lipinski definition) is 3. The van der Waals surface area contributed by atoms with E-state index in [2.05, 4.69) is 12.1 Å². The van der Waals surface area contributed by atoms with E-state index in [0.29, 0.717) is 17.7 Å². The van der Waals surface area contributed by atoms with Crippen molar-refractivity contribution >= 4 is 27.1 Å². The fraction of sp³-hybridized carbons (Fsp3) is 0.154. The third-order valence-electron chi connectivity index (χ3n) is 2.58. The highest BCUT2D eigenvalue weighted by Gasteiger charge is 2.09. The predicted octanol–water partition coefficient (Wildman–Crippen LogP) is 3.50. The molecule has 2 nitrogen and oxygen atoms in total. The Hall–Kier alpha value is -1.79. The molecule has 1 aromatic heterocycles. The molecule has 0 aliphatic rings. The highest BCUT2D eigenvalue weighted by Crippen LogP contribution is 2.30. The van der Waals surface area contributed by atoms with Crippen molar-refractivity contribution in [2.45, 2.75) is 13.3 Å². The Bertz CT molecular complexity index is 587. The number of hydrogen-bond donors (Lipinski definition) is 1. The van der Waals surface area contributed by atoms with Crippen LogP contribution in [-0.2, 0) is 0 Å². The van der Waals surface area contributed by atoms with Crippen molar-refractivity contribution in [3.63, 3.8) is 0 Å². The van der Waals surface area contributed by atoms with E-state index in [1.54, 1.807) is 11.3 Å². The van der Waals surface area contributed by atoms with Crippen LogP contribution in [0.2, 0.25) is 0 Å². The third kappa shape index (κ3) is 1.68. The van der Waals surface area contributed by atoms with Gasteiger partial charge >= 0.3 is 0 Å². The number of nitrogens with two attached hydrogens (primary N) is 1. The average molecular weight is 228 g/mol. The lowest BCUT2D eigenvalue weighted by atomic mass is 10.1. The van der Waals surface area contributed by atoms with Gasteiger partial charge in [0.25, 0.3) is 0 Å². The molecule has 0 amide bonds. The van der Waals surface area contributed by atoms with E-state index in [4.69, 9.17) is 11.0 Å². The molecule has 16 heavy (non-hydrogen) atoms. The topological polar surface area (TPSA) is 49.8 Å². The summed E-state index contributed by atoms with van der Waals surface area (Å²) in [6.45, 7) is 1.94. The molecule has 1 aromatic carbocycles. The minimum Gasteiger partial charge on any atom is -0.397 e. The Kier molecular flexibility index (Phi) is 2.93. The van der Waals surface area contributed by atoms with Crippen molar-refractivity contribution in [3.8, 4) is 6.07 Å². The second-order valence-corrected chi connectivity index (χ2v) is 4.41. The molecule has 0 fully saturated rings. The Balaban J connectivity index is 2.65. The van der Waals surface area contributed by atoms with Crippen molar-refractivity contribution in [1.29, 1.82) is 5.26 Å². The van der Waals surface area contributed by atoms with Gasteiger partial charge in [0, 0.05) is 21.0 Å². The van der Waals surface area contributed by atoms with Gasteiger partial charge in [-0.05, 0) is 12.5 Å². The third-order valence-corrected chi connectivity index (χ3v) is 3.55. The highest BCUT2D eigenvalue weighted by molar-refractivity contribution is 7.17. The number of fused-ring (bicyclic) bond motifs is 1. The summed E-state index contributed by atoms with van der Waals surface area (Å²) in [6, 6.07) is 10.3. The second kappa shape index (κ2) is 4.38. The maximum absolute atomic E-state index is 8.98. The number of nitrogens with zero attached hydrogens (tertiary/aromatic N) is 1. The first-order valence-electron chi connectivity index (χ1n) is 5.13. The second-order valence-electron chi connectivity index (χ2n) is 3.50. The molecule has 0 spiro atoms. The molecule has 0 radical (unpaired) electrons. The summed E-state index contributed by atoms with van der Waals surface area (Å²) < 4.78 is 1.20. The van der Waals surface area contributed by atoms with E-state index < -0.39 is 0 Å². The van der Waals surface area contributed by atoms with Crippen LogP contribution in [0.4, 0.5) is 0 Å². The number of thiophene rings is 1. The van der Waals surface area contributed by atoms with Crippen LogP contribution in [0.15, 0.2) is 35.2 Å². The summed E-state index contributed by atoms with van der Waals surface area (Å²) in [5, 5.41) is 12.1. The molecule has 2 rings (SSSR count). The van der Waals surface area contributed by atoms with E-state index in [9.17, 15) is 0 Å². The molecule has 0 aliphatic heterocycles. The van der Waals surface area contributed by atoms with Gasteiger partial charge in [0.15, 0.2) is 0 Å². The van der Waals surface area contributed by atoms with E-state index in [-0.39, 0.29) is 0 Å². The van der Waals surface area contributed by atoms with E-state index in [1.807, 2.05) is 30.5 Å². The molecule has 3 heteroatoms. The zero-order valence-corrected chi connectivity index (χ0v) is 9.84. The van der Waals surface area contributed by atoms with Crippen LogP contribution in [0, 0.1) is 11.3 Å². The van der Waals surface area contributed by atoms with Gasteiger partial charge in [0.05, 0.1) is 17.3 Å². The molecule has 2 N–H and O–H groups in total. The lowest BCUT2D eigenvalue weighted by Gasteiger charge is -2.02. The van der Waals surface area contributed by atoms with Crippen LogP contribution in [0.1, 0.15) is 18.9 Å². The number of rotatable bonds is 2. The standard InChI is InChI=1S/C13H12N2S/c1-2-9(7-14)13(15)11-8-16-12-6-4-3-5-10(11)12/h3-6,8H,2,15H2,1H3/b13-9-. The SMILES string of the molecule is CC/C(C#N)=C(/N)c1csc2ccccc12. The van der Waals surface area contributed by atoms with Gasteiger partial charge in [-0.2, -0.15) is 5.26 Å². The molecule has 2 aromatic rings. The maximum Gasteiger partial charge on any atom is 0.0968 e. The van der Waals surface area contributed by atoms with Crippen LogP contribution in [0.25, 0.3) is 15.8 Å². The van der Waals surface area contributed by atoms with Gasteiger partial charge in [-0.15, -0.1) is 11.3 Å². The minimum absolute atomic E-state index is 0.613. The summed E-state index contributed by atoms with van der Waals surface area (Å²) in [5.74, 6) is 0. The van der Waals surface area contributed by atoms with Gasteiger partial charge in [-0.3, -0.25) is 0 Å². The Labute approximate surface area is 98.6 Å². The van der Waals surface area contributed by atoms with Gasteiger partial charge in [-0.25, -0.2) is 0 Å². The minimum atomic E-state index is 0.613. The van der Waals surface area contributed by atoms with E-state index >= 15 is 0 Å². The molecule has 0 saturated heterocycles. The van der Waals surface area contributed by atoms with Gasteiger partial charge in [0.1, 0.15) is 0 Å². The van der Waals surface area contributed by atoms with Crippen molar-refractivity contribution < 1.29 is 0 Å². The highest BCUT2D eigenvalue weighted by atomic mass is 32.1. The van der Waals surface area contributed by atoms with Crippen LogP contribution in [0.3, 0.4) is 0 Å². The summed E-state index contributed by atoms with van der Waals surface area (Å²) >= 11 is 1.66. The Morgan fingerprint density at radius 1 is 1.44 bits per heavy atom. The molecule has 0 unspecified atom stereocenters. The van der Waals surface area contributed by atoms with Crippen molar-refractivity contribution in [3.05, 3.63) is 40.8 Å². The molecule has 80 valence electrons. The Morgan fingerprint density at radius 2 is 2.19 bits per heavy atom. The smallest absolute Gasteiger partial charge is 0.0968 e. The van der Waals surface area contributed by atoms with Crippen LogP contribution in [0.5, 0.6) is 0 Å². The summed E-state index contributed by atoms with van der Waals surface area (Å²) in [6.07, 6.45) is 0.673. The first-order valence-corrected chi connectivity index (χ1v) is 6.01. The fourth-order valence-corrected chi connectivity index (χ4v) is 2.64. The molecular formula is C13H12N2S. The molecule has 0 aliphatic carbocycles. The number of nitriles is 1. The number of allylic oxidation sites excluding steroid dienone is 1. The van der Waals surface area contributed by atoms with Gasteiger partial charge < -0.3 is 5.73 Å². The monoisotopic (exact) mass is 228 g/mol. The zero-order chi connectivity index (χ0) is 11.5. The molecule has 1 heterocycles. The van der Waals surface area contributed by atoms with Crippen molar-refractivity contribution in [1.82, 2.24) is 0 Å².